The minimum atomic E-state index is -0.591. The molecule has 1 N–H and O–H groups in total. The summed E-state index contributed by atoms with van der Waals surface area (Å²) in [5.41, 5.74) is 1.03. The fourth-order valence-electron chi connectivity index (χ4n) is 3.65. The highest BCUT2D eigenvalue weighted by Crippen LogP contribution is 2.28. The van der Waals surface area contributed by atoms with Crippen LogP contribution in [-0.2, 0) is 20.7 Å². The predicted octanol–water partition coefficient (Wildman–Crippen LogP) is 4.79. The lowest BCUT2D eigenvalue weighted by atomic mass is 9.94. The lowest BCUT2D eigenvalue weighted by Gasteiger charge is -2.25. The lowest BCUT2D eigenvalue weighted by molar-refractivity contribution is -0.123. The zero-order chi connectivity index (χ0) is 23.0. The van der Waals surface area contributed by atoms with Gasteiger partial charge >= 0.3 is 12.1 Å². The second kappa shape index (κ2) is 11.2. The van der Waals surface area contributed by atoms with Crippen LogP contribution in [-0.4, -0.2) is 49.2 Å². The molecule has 1 unspecified atom stereocenters. The molecule has 1 fully saturated rings. The van der Waals surface area contributed by atoms with Gasteiger partial charge in [-0.2, -0.15) is 0 Å². The van der Waals surface area contributed by atoms with E-state index in [1.165, 1.54) is 7.11 Å². The summed E-state index contributed by atoms with van der Waals surface area (Å²) in [6.45, 7) is 8.65. The second-order valence-electron chi connectivity index (χ2n) is 9.03. The van der Waals surface area contributed by atoms with Gasteiger partial charge in [0.1, 0.15) is 0 Å². The molecule has 1 aromatic carbocycles. The average Bonchev–Trinajstić information content (AvgIpc) is 3.20. The maximum absolute atomic E-state index is 12.5. The van der Waals surface area contributed by atoms with Crippen LogP contribution in [0.15, 0.2) is 18.2 Å². The van der Waals surface area contributed by atoms with Gasteiger partial charge < -0.3 is 19.7 Å². The third-order valence-corrected chi connectivity index (χ3v) is 5.55. The number of carbonyl (C=O) groups excluding carboxylic acids is 3. The lowest BCUT2D eigenvalue weighted by Crippen LogP contribution is -2.36. The van der Waals surface area contributed by atoms with Crippen molar-refractivity contribution < 1.29 is 23.9 Å². The highest BCUT2D eigenvalue weighted by molar-refractivity contribution is 6.03. The molecule has 1 heterocycles. The van der Waals surface area contributed by atoms with Crippen molar-refractivity contribution in [1.29, 1.82) is 0 Å². The van der Waals surface area contributed by atoms with Gasteiger partial charge in [0.05, 0.1) is 25.0 Å². The van der Waals surface area contributed by atoms with Crippen LogP contribution in [0.1, 0.15) is 75.7 Å². The number of hydrogen-bond acceptors (Lipinski definition) is 5. The molecule has 0 bridgehead atoms. The molecule has 1 saturated heterocycles. The molecule has 7 heteroatoms. The van der Waals surface area contributed by atoms with Crippen LogP contribution in [0.25, 0.3) is 0 Å². The van der Waals surface area contributed by atoms with E-state index in [1.54, 1.807) is 11.0 Å². The fraction of sp³-hybridized carbons (Fsp3) is 0.625. The molecule has 0 aromatic heterocycles. The Bertz CT molecular complexity index is 785. The number of rotatable bonds is 8. The molecule has 1 aliphatic heterocycles. The normalized spacial score (nSPS) is 16.2. The van der Waals surface area contributed by atoms with E-state index in [1.807, 2.05) is 32.9 Å². The first-order chi connectivity index (χ1) is 14.7. The number of hydrogen-bond donors (Lipinski definition) is 1. The minimum absolute atomic E-state index is 0.0763. The molecule has 0 radical (unpaired) electrons. The molecule has 0 saturated carbocycles. The van der Waals surface area contributed by atoms with Crippen LogP contribution in [0.2, 0.25) is 0 Å². The summed E-state index contributed by atoms with van der Waals surface area (Å²) in [5.74, 6) is -0.659. The first-order valence-corrected chi connectivity index (χ1v) is 11.1. The largest absolute Gasteiger partial charge is 0.465 e. The van der Waals surface area contributed by atoms with Crippen LogP contribution in [0.3, 0.4) is 0 Å². The Morgan fingerprint density at radius 2 is 1.97 bits per heavy atom. The van der Waals surface area contributed by atoms with Crippen molar-refractivity contribution in [2.75, 3.05) is 25.6 Å². The van der Waals surface area contributed by atoms with E-state index in [2.05, 4.69) is 12.2 Å². The number of carbonyl (C=O) groups is 3. The molecule has 2 rings (SSSR count). The van der Waals surface area contributed by atoms with E-state index in [9.17, 15) is 14.4 Å². The first-order valence-electron chi connectivity index (χ1n) is 11.1. The van der Waals surface area contributed by atoms with E-state index in [0.29, 0.717) is 37.2 Å². The van der Waals surface area contributed by atoms with Gasteiger partial charge in [0.25, 0.3) is 0 Å². The predicted molar refractivity (Wildman–Crippen MR) is 120 cm³/mol. The topological polar surface area (TPSA) is 84.9 Å². The number of anilines is 1. The van der Waals surface area contributed by atoms with Gasteiger partial charge in [0.15, 0.2) is 0 Å². The molecule has 172 valence electrons. The summed E-state index contributed by atoms with van der Waals surface area (Å²) in [7, 11) is 1.33. The summed E-state index contributed by atoms with van der Waals surface area (Å²) in [4.78, 5) is 39.2. The van der Waals surface area contributed by atoms with Gasteiger partial charge in [-0.25, -0.2) is 9.59 Å². The Labute approximate surface area is 185 Å². The SMILES string of the molecule is CCCCOC(=O)N1CCCC1CCc1cccc(NC(=O)C(C)(C)C)c1C(=O)OC. The van der Waals surface area contributed by atoms with Crippen LogP contribution in [0, 0.1) is 5.41 Å². The fourth-order valence-corrected chi connectivity index (χ4v) is 3.65. The number of nitrogens with zero attached hydrogens (tertiary/aromatic N) is 1. The number of aryl methyl sites for hydroxylation is 1. The number of ether oxygens (including phenoxy) is 2. The van der Waals surface area contributed by atoms with Crippen LogP contribution in [0.5, 0.6) is 0 Å². The Hall–Kier alpha value is -2.57. The van der Waals surface area contributed by atoms with Crippen molar-refractivity contribution in [3.63, 3.8) is 0 Å². The van der Waals surface area contributed by atoms with E-state index in [0.717, 1.165) is 31.2 Å². The van der Waals surface area contributed by atoms with Gasteiger partial charge in [0, 0.05) is 18.0 Å². The van der Waals surface area contributed by atoms with Crippen molar-refractivity contribution in [3.05, 3.63) is 29.3 Å². The first kappa shape index (κ1) is 24.7. The summed E-state index contributed by atoms with van der Waals surface area (Å²) < 4.78 is 10.4. The molecular formula is C24H36N2O5. The number of esters is 1. The highest BCUT2D eigenvalue weighted by atomic mass is 16.6. The molecule has 7 nitrogen and oxygen atoms in total. The molecule has 1 atom stereocenters. The summed E-state index contributed by atoms with van der Waals surface area (Å²) in [5, 5.41) is 2.87. The Kier molecular flexibility index (Phi) is 8.89. The average molecular weight is 433 g/mol. The minimum Gasteiger partial charge on any atom is -0.465 e. The van der Waals surface area contributed by atoms with E-state index in [4.69, 9.17) is 9.47 Å². The Balaban J connectivity index is 2.15. The number of methoxy groups -OCH3 is 1. The molecule has 1 aromatic rings. The highest BCUT2D eigenvalue weighted by Gasteiger charge is 2.30. The van der Waals surface area contributed by atoms with Crippen LogP contribution < -0.4 is 5.32 Å². The third-order valence-electron chi connectivity index (χ3n) is 5.55. The maximum atomic E-state index is 12.5. The number of nitrogens with one attached hydrogen (secondary N) is 1. The van der Waals surface area contributed by atoms with Crippen LogP contribution in [0.4, 0.5) is 10.5 Å². The van der Waals surface area contributed by atoms with E-state index < -0.39 is 11.4 Å². The second-order valence-corrected chi connectivity index (χ2v) is 9.03. The zero-order valence-corrected chi connectivity index (χ0v) is 19.5. The molecule has 0 aliphatic carbocycles. The monoisotopic (exact) mass is 432 g/mol. The number of unbranched alkanes of at least 4 members (excludes halogenated alkanes) is 1. The van der Waals surface area contributed by atoms with Crippen molar-refractivity contribution >= 4 is 23.7 Å². The maximum Gasteiger partial charge on any atom is 0.410 e. The molecular weight excluding hydrogens is 396 g/mol. The quantitative estimate of drug-likeness (QED) is 0.471. The Morgan fingerprint density at radius 1 is 1.23 bits per heavy atom. The summed E-state index contributed by atoms with van der Waals surface area (Å²) in [6, 6.07) is 5.49. The standard InChI is InChI=1S/C24H36N2O5/c1-6-7-16-31-23(29)26-15-9-11-18(26)14-13-17-10-8-12-19(20(17)21(27)30-5)25-22(28)24(2,3)4/h8,10,12,18H,6-7,9,11,13-16H2,1-5H3,(H,25,28). The number of amides is 2. The van der Waals surface area contributed by atoms with Gasteiger partial charge in [-0.3, -0.25) is 4.79 Å². The van der Waals surface area contributed by atoms with E-state index in [-0.39, 0.29) is 18.0 Å². The van der Waals surface area contributed by atoms with Crippen molar-refractivity contribution in [2.45, 2.75) is 72.3 Å². The Morgan fingerprint density at radius 3 is 2.61 bits per heavy atom. The van der Waals surface area contributed by atoms with Gasteiger partial charge in [-0.15, -0.1) is 0 Å². The molecule has 1 aliphatic rings. The van der Waals surface area contributed by atoms with Gasteiger partial charge in [-0.1, -0.05) is 46.2 Å². The summed E-state index contributed by atoms with van der Waals surface area (Å²) >= 11 is 0. The summed E-state index contributed by atoms with van der Waals surface area (Å²) in [6.07, 6.45) is 4.75. The van der Waals surface area contributed by atoms with Gasteiger partial charge in [0.2, 0.25) is 5.91 Å². The molecule has 31 heavy (non-hydrogen) atoms. The number of benzene rings is 1. The zero-order valence-electron chi connectivity index (χ0n) is 19.5. The van der Waals surface area contributed by atoms with Crippen molar-refractivity contribution in [3.8, 4) is 0 Å². The molecule has 0 spiro atoms. The third kappa shape index (κ3) is 6.71. The van der Waals surface area contributed by atoms with Crippen LogP contribution >= 0.6 is 0 Å². The smallest absolute Gasteiger partial charge is 0.410 e. The van der Waals surface area contributed by atoms with Gasteiger partial charge in [-0.05, 0) is 43.7 Å². The molecule has 2 amide bonds. The van der Waals surface area contributed by atoms with Crippen molar-refractivity contribution in [1.82, 2.24) is 4.90 Å². The van der Waals surface area contributed by atoms with E-state index >= 15 is 0 Å². The van der Waals surface area contributed by atoms with Crippen molar-refractivity contribution in [2.24, 2.45) is 5.41 Å². The number of likely N-dealkylation sites (tertiary alicyclic amines) is 1.